The van der Waals surface area contributed by atoms with Gasteiger partial charge in [0.1, 0.15) is 0 Å². The molecular formula is C21H26Cl2N2O3. The maximum absolute atomic E-state index is 12.1. The summed E-state index contributed by atoms with van der Waals surface area (Å²) in [5, 5.41) is 4.15. The number of nitrogens with zero attached hydrogens (tertiary/aromatic N) is 1. The second-order valence-electron chi connectivity index (χ2n) is 6.51. The number of amides is 1. The van der Waals surface area contributed by atoms with Crippen molar-refractivity contribution in [2.45, 2.75) is 12.8 Å². The summed E-state index contributed by atoms with van der Waals surface area (Å²) in [6.07, 6.45) is 1.47. The molecule has 0 radical (unpaired) electrons. The molecule has 0 aromatic heterocycles. The van der Waals surface area contributed by atoms with E-state index in [0.717, 1.165) is 24.1 Å². The van der Waals surface area contributed by atoms with Crippen molar-refractivity contribution in [1.29, 1.82) is 0 Å². The number of nitrogens with one attached hydrogen (secondary N) is 1. The van der Waals surface area contributed by atoms with Gasteiger partial charge in [-0.2, -0.15) is 0 Å². The maximum atomic E-state index is 12.1. The maximum Gasteiger partial charge on any atom is 0.234 e. The van der Waals surface area contributed by atoms with E-state index in [9.17, 15) is 4.79 Å². The molecule has 0 aliphatic rings. The summed E-state index contributed by atoms with van der Waals surface area (Å²) in [5.41, 5.74) is 2.09. The number of carbonyl (C=O) groups is 1. The molecule has 0 aliphatic carbocycles. The number of benzene rings is 2. The number of hydrogen-bond acceptors (Lipinski definition) is 4. The molecule has 7 heteroatoms. The second-order valence-corrected chi connectivity index (χ2v) is 7.36. The van der Waals surface area contributed by atoms with Crippen molar-refractivity contribution in [3.05, 3.63) is 57.6 Å². The van der Waals surface area contributed by atoms with Crippen LogP contribution in [0.1, 0.15) is 11.1 Å². The fourth-order valence-corrected chi connectivity index (χ4v) is 3.30. The molecule has 0 bridgehead atoms. The van der Waals surface area contributed by atoms with Crippen molar-refractivity contribution in [2.75, 3.05) is 40.9 Å². The van der Waals surface area contributed by atoms with Gasteiger partial charge in [-0.15, -0.1) is 0 Å². The first-order chi connectivity index (χ1) is 13.4. The molecule has 0 spiro atoms. The van der Waals surface area contributed by atoms with Crippen LogP contribution in [0.3, 0.4) is 0 Å². The largest absolute Gasteiger partial charge is 0.493 e. The van der Waals surface area contributed by atoms with E-state index in [-0.39, 0.29) is 5.91 Å². The Morgan fingerprint density at radius 1 is 1.04 bits per heavy atom. The monoisotopic (exact) mass is 424 g/mol. The van der Waals surface area contributed by atoms with Crippen molar-refractivity contribution < 1.29 is 14.3 Å². The molecular weight excluding hydrogens is 399 g/mol. The van der Waals surface area contributed by atoms with E-state index in [0.29, 0.717) is 41.1 Å². The Bertz CT molecular complexity index is 799. The quantitative estimate of drug-likeness (QED) is 0.629. The fraction of sp³-hybridized carbons (Fsp3) is 0.381. The zero-order valence-electron chi connectivity index (χ0n) is 16.4. The highest BCUT2D eigenvalue weighted by Crippen LogP contribution is 2.27. The Morgan fingerprint density at radius 3 is 2.46 bits per heavy atom. The van der Waals surface area contributed by atoms with Crippen LogP contribution in [-0.4, -0.2) is 51.7 Å². The zero-order chi connectivity index (χ0) is 20.5. The number of carbonyl (C=O) groups excluding carboxylic acids is 1. The molecule has 1 N–H and O–H groups in total. The number of likely N-dealkylation sites (N-methyl/N-ethyl adjacent to an activating group) is 1. The van der Waals surface area contributed by atoms with Gasteiger partial charge >= 0.3 is 0 Å². The van der Waals surface area contributed by atoms with E-state index < -0.39 is 0 Å². The Morgan fingerprint density at radius 2 is 1.79 bits per heavy atom. The third-order valence-electron chi connectivity index (χ3n) is 4.38. The topological polar surface area (TPSA) is 50.8 Å². The van der Waals surface area contributed by atoms with Crippen molar-refractivity contribution in [1.82, 2.24) is 10.2 Å². The average Bonchev–Trinajstić information content (AvgIpc) is 2.67. The Hall–Kier alpha value is -1.95. The molecule has 0 saturated heterocycles. The summed E-state index contributed by atoms with van der Waals surface area (Å²) in [6.45, 7) is 1.62. The smallest absolute Gasteiger partial charge is 0.234 e. The molecule has 5 nitrogen and oxygen atoms in total. The number of methoxy groups -OCH3 is 2. The lowest BCUT2D eigenvalue weighted by Gasteiger charge is -2.17. The van der Waals surface area contributed by atoms with Crippen LogP contribution < -0.4 is 14.8 Å². The van der Waals surface area contributed by atoms with E-state index in [1.165, 1.54) is 0 Å². The van der Waals surface area contributed by atoms with Crippen molar-refractivity contribution in [3.63, 3.8) is 0 Å². The van der Waals surface area contributed by atoms with Gasteiger partial charge in [0, 0.05) is 23.1 Å². The van der Waals surface area contributed by atoms with Crippen LogP contribution in [0.25, 0.3) is 0 Å². The molecule has 152 valence electrons. The Kier molecular flexibility index (Phi) is 8.90. The van der Waals surface area contributed by atoms with Crippen LogP contribution in [0.2, 0.25) is 10.0 Å². The Balaban J connectivity index is 1.73. The van der Waals surface area contributed by atoms with Crippen molar-refractivity contribution in [2.24, 2.45) is 0 Å². The van der Waals surface area contributed by atoms with E-state index >= 15 is 0 Å². The van der Waals surface area contributed by atoms with Crippen LogP contribution in [-0.2, 0) is 17.6 Å². The van der Waals surface area contributed by atoms with Gasteiger partial charge in [0.15, 0.2) is 11.5 Å². The van der Waals surface area contributed by atoms with Crippen molar-refractivity contribution in [3.8, 4) is 11.5 Å². The van der Waals surface area contributed by atoms with Gasteiger partial charge in [-0.1, -0.05) is 35.3 Å². The van der Waals surface area contributed by atoms with Crippen molar-refractivity contribution >= 4 is 29.1 Å². The minimum absolute atomic E-state index is 0.0140. The highest BCUT2D eigenvalue weighted by atomic mass is 35.5. The summed E-state index contributed by atoms with van der Waals surface area (Å²) in [6, 6.07) is 11.2. The van der Waals surface area contributed by atoms with E-state index in [4.69, 9.17) is 32.7 Å². The molecule has 0 fully saturated rings. The van der Waals surface area contributed by atoms with Gasteiger partial charge in [-0.25, -0.2) is 0 Å². The van der Waals surface area contributed by atoms with Gasteiger partial charge in [0.25, 0.3) is 0 Å². The van der Waals surface area contributed by atoms with Gasteiger partial charge in [-0.05, 0) is 55.3 Å². The van der Waals surface area contributed by atoms with Gasteiger partial charge in [-0.3, -0.25) is 9.69 Å². The van der Waals surface area contributed by atoms with Gasteiger partial charge < -0.3 is 14.8 Å². The summed E-state index contributed by atoms with van der Waals surface area (Å²) in [5.74, 6) is 1.40. The third kappa shape index (κ3) is 6.89. The van der Waals surface area contributed by atoms with Crippen LogP contribution in [0.4, 0.5) is 0 Å². The molecule has 28 heavy (non-hydrogen) atoms. The first kappa shape index (κ1) is 22.3. The predicted octanol–water partition coefficient (Wildman–Crippen LogP) is 3.84. The molecule has 0 atom stereocenters. The van der Waals surface area contributed by atoms with E-state index in [1.54, 1.807) is 26.4 Å². The highest BCUT2D eigenvalue weighted by molar-refractivity contribution is 6.35. The average molecular weight is 425 g/mol. The molecule has 0 unspecified atom stereocenters. The van der Waals surface area contributed by atoms with Crippen LogP contribution in [0.5, 0.6) is 11.5 Å². The molecule has 2 aromatic carbocycles. The van der Waals surface area contributed by atoms with E-state index in [1.807, 2.05) is 36.2 Å². The van der Waals surface area contributed by atoms with Gasteiger partial charge in [0.05, 0.1) is 20.8 Å². The molecule has 0 saturated carbocycles. The number of ether oxygens (including phenoxy) is 2. The number of rotatable bonds is 10. The summed E-state index contributed by atoms with van der Waals surface area (Å²) >= 11 is 12.0. The van der Waals surface area contributed by atoms with Crippen LogP contribution in [0, 0.1) is 0 Å². The normalized spacial score (nSPS) is 10.8. The molecule has 0 heterocycles. The minimum atomic E-state index is -0.0140. The lowest BCUT2D eigenvalue weighted by atomic mass is 10.1. The summed E-state index contributed by atoms with van der Waals surface area (Å²) < 4.78 is 10.6. The number of hydrogen-bond donors (Lipinski definition) is 1. The molecule has 2 rings (SSSR count). The van der Waals surface area contributed by atoms with E-state index in [2.05, 4.69) is 5.32 Å². The lowest BCUT2D eigenvalue weighted by Crippen LogP contribution is -2.36. The van der Waals surface area contributed by atoms with Crippen LogP contribution >= 0.6 is 23.2 Å². The predicted molar refractivity (Wildman–Crippen MR) is 114 cm³/mol. The second kappa shape index (κ2) is 11.1. The lowest BCUT2D eigenvalue weighted by molar-refractivity contribution is -0.121. The van der Waals surface area contributed by atoms with Gasteiger partial charge in [0.2, 0.25) is 5.91 Å². The molecule has 0 aliphatic heterocycles. The zero-order valence-corrected chi connectivity index (χ0v) is 17.9. The first-order valence-corrected chi connectivity index (χ1v) is 9.78. The standard InChI is InChI=1S/C21H26Cl2N2O3/c1-25(11-9-15-4-7-19(27-2)20(12-15)28-3)14-21(26)24-10-8-16-5-6-17(22)13-18(16)23/h4-7,12-13H,8-11,14H2,1-3H3,(H,24,26). The summed E-state index contributed by atoms with van der Waals surface area (Å²) in [7, 11) is 5.16. The van der Waals surface area contributed by atoms with Crippen LogP contribution in [0.15, 0.2) is 36.4 Å². The fourth-order valence-electron chi connectivity index (χ4n) is 2.80. The number of halogens is 2. The highest BCUT2D eigenvalue weighted by Gasteiger charge is 2.09. The molecule has 1 amide bonds. The molecule has 2 aromatic rings. The SMILES string of the molecule is COc1ccc(CCN(C)CC(=O)NCCc2ccc(Cl)cc2Cl)cc1OC. The first-order valence-electron chi connectivity index (χ1n) is 9.03. The third-order valence-corrected chi connectivity index (χ3v) is 4.96. The Labute approximate surface area is 176 Å². The minimum Gasteiger partial charge on any atom is -0.493 e. The summed E-state index contributed by atoms with van der Waals surface area (Å²) in [4.78, 5) is 14.1.